The lowest BCUT2D eigenvalue weighted by Crippen LogP contribution is -2.48. The highest BCUT2D eigenvalue weighted by Gasteiger charge is 2.34. The first-order chi connectivity index (χ1) is 6.99. The summed E-state index contributed by atoms with van der Waals surface area (Å²) in [6.07, 6.45) is -2.09. The third kappa shape index (κ3) is 4.48. The lowest BCUT2D eigenvalue weighted by molar-refractivity contribution is -0.111. The van der Waals surface area contributed by atoms with Crippen LogP contribution in [0.15, 0.2) is 0 Å². The number of aliphatic hydroxyl groups is 5. The van der Waals surface area contributed by atoms with Crippen LogP contribution in [0.5, 0.6) is 0 Å². The standard InChI is InChI=1S/C8H18O5S2/c1-14-8(15-2)7(13)6(12)5(11)4(10)3-9/h4-13H,3H2,1-2H3/t4-,5-,6+,7+/m1/s1. The van der Waals surface area contributed by atoms with Crippen molar-refractivity contribution >= 4 is 23.5 Å². The predicted octanol–water partition coefficient (Wildman–Crippen LogP) is -1.53. The van der Waals surface area contributed by atoms with Crippen LogP contribution in [-0.2, 0) is 0 Å². The normalized spacial score (nSPS) is 20.0. The monoisotopic (exact) mass is 258 g/mol. The zero-order valence-corrected chi connectivity index (χ0v) is 10.3. The second kappa shape index (κ2) is 7.72. The van der Waals surface area contributed by atoms with Gasteiger partial charge in [0.15, 0.2) is 0 Å². The molecule has 7 heteroatoms. The van der Waals surface area contributed by atoms with Crippen LogP contribution in [0.3, 0.4) is 0 Å². The van der Waals surface area contributed by atoms with E-state index in [1.807, 2.05) is 0 Å². The van der Waals surface area contributed by atoms with Crippen LogP contribution in [0.25, 0.3) is 0 Å². The van der Waals surface area contributed by atoms with Crippen LogP contribution < -0.4 is 0 Å². The summed E-state index contributed by atoms with van der Waals surface area (Å²) >= 11 is 2.68. The van der Waals surface area contributed by atoms with E-state index in [1.165, 1.54) is 23.5 Å². The molecule has 92 valence electrons. The molecule has 0 aliphatic carbocycles. The summed E-state index contributed by atoms with van der Waals surface area (Å²) in [4.78, 5) is 0. The number of aliphatic hydroxyl groups excluding tert-OH is 5. The molecule has 0 amide bonds. The van der Waals surface area contributed by atoms with Crippen molar-refractivity contribution in [2.75, 3.05) is 19.1 Å². The van der Waals surface area contributed by atoms with Crippen LogP contribution in [0.1, 0.15) is 0 Å². The maximum atomic E-state index is 9.65. The fourth-order valence-electron chi connectivity index (χ4n) is 1.07. The molecule has 0 aliphatic rings. The molecule has 0 bridgehead atoms. The molecular formula is C8H18O5S2. The fourth-order valence-corrected chi connectivity index (χ4v) is 2.72. The van der Waals surface area contributed by atoms with Gasteiger partial charge in [0.1, 0.15) is 24.4 Å². The van der Waals surface area contributed by atoms with Crippen molar-refractivity contribution in [1.29, 1.82) is 0 Å². The van der Waals surface area contributed by atoms with E-state index in [9.17, 15) is 15.3 Å². The Balaban J connectivity index is 4.34. The summed E-state index contributed by atoms with van der Waals surface area (Å²) in [6, 6.07) is 0. The zero-order chi connectivity index (χ0) is 12.0. The van der Waals surface area contributed by atoms with Crippen molar-refractivity contribution in [1.82, 2.24) is 0 Å². The summed E-state index contributed by atoms with van der Waals surface area (Å²) in [7, 11) is 0. The van der Waals surface area contributed by atoms with Crippen molar-refractivity contribution in [3.8, 4) is 0 Å². The van der Waals surface area contributed by atoms with Gasteiger partial charge >= 0.3 is 0 Å². The third-order valence-electron chi connectivity index (χ3n) is 2.02. The van der Waals surface area contributed by atoms with Gasteiger partial charge in [-0.1, -0.05) is 0 Å². The highest BCUT2D eigenvalue weighted by molar-refractivity contribution is 8.16. The molecule has 5 nitrogen and oxygen atoms in total. The molecule has 0 fully saturated rings. The lowest BCUT2D eigenvalue weighted by atomic mass is 10.0. The molecule has 0 aromatic carbocycles. The van der Waals surface area contributed by atoms with E-state index in [2.05, 4.69) is 0 Å². The van der Waals surface area contributed by atoms with Crippen LogP contribution >= 0.6 is 23.5 Å². The molecule has 0 aliphatic heterocycles. The zero-order valence-electron chi connectivity index (χ0n) is 8.65. The largest absolute Gasteiger partial charge is 0.394 e. The minimum atomic E-state index is -1.55. The SMILES string of the molecule is CSC(SC)[C@@H](O)[C@@H](O)[C@H](O)[C@H](O)CO. The first kappa shape index (κ1) is 15.5. The Labute approximate surface area is 97.5 Å². The van der Waals surface area contributed by atoms with Gasteiger partial charge in [0.25, 0.3) is 0 Å². The molecule has 0 unspecified atom stereocenters. The van der Waals surface area contributed by atoms with Gasteiger partial charge in [-0.3, -0.25) is 0 Å². The number of rotatable bonds is 7. The molecule has 0 aromatic heterocycles. The van der Waals surface area contributed by atoms with Gasteiger partial charge in [-0.15, -0.1) is 23.5 Å². The van der Waals surface area contributed by atoms with Crippen molar-refractivity contribution in [2.24, 2.45) is 0 Å². The average molecular weight is 258 g/mol. The summed E-state index contributed by atoms with van der Waals surface area (Å²) < 4.78 is -0.291. The van der Waals surface area contributed by atoms with Crippen LogP contribution in [0.4, 0.5) is 0 Å². The van der Waals surface area contributed by atoms with Crippen molar-refractivity contribution < 1.29 is 25.5 Å². The number of thioether (sulfide) groups is 2. The Kier molecular flexibility index (Phi) is 7.98. The molecule has 15 heavy (non-hydrogen) atoms. The number of hydrogen-bond donors (Lipinski definition) is 5. The summed E-state index contributed by atoms with van der Waals surface area (Å²) in [6.45, 7) is -0.659. The van der Waals surface area contributed by atoms with E-state index in [-0.39, 0.29) is 4.58 Å². The molecule has 0 spiro atoms. The van der Waals surface area contributed by atoms with Crippen LogP contribution in [-0.4, -0.2) is 73.6 Å². The first-order valence-corrected chi connectivity index (χ1v) is 6.95. The first-order valence-electron chi connectivity index (χ1n) is 4.38. The minimum absolute atomic E-state index is 0.291. The van der Waals surface area contributed by atoms with E-state index >= 15 is 0 Å². The maximum Gasteiger partial charge on any atom is 0.111 e. The average Bonchev–Trinajstić information content (AvgIpc) is 2.27. The quantitative estimate of drug-likeness (QED) is 0.353. The highest BCUT2D eigenvalue weighted by atomic mass is 32.2. The van der Waals surface area contributed by atoms with Gasteiger partial charge in [0, 0.05) is 0 Å². The molecule has 0 aromatic rings. The minimum Gasteiger partial charge on any atom is -0.394 e. The second-order valence-corrected chi connectivity index (χ2v) is 5.32. The topological polar surface area (TPSA) is 101 Å². The Morgan fingerprint density at radius 3 is 1.67 bits per heavy atom. The molecule has 0 saturated carbocycles. The highest BCUT2D eigenvalue weighted by Crippen LogP contribution is 2.25. The van der Waals surface area contributed by atoms with E-state index in [4.69, 9.17) is 10.2 Å². The Hall–Kier alpha value is 0.500. The second-order valence-electron chi connectivity index (χ2n) is 3.06. The molecule has 4 atom stereocenters. The smallest absolute Gasteiger partial charge is 0.111 e. The molecule has 0 radical (unpaired) electrons. The van der Waals surface area contributed by atoms with Crippen LogP contribution in [0.2, 0.25) is 0 Å². The maximum absolute atomic E-state index is 9.65. The van der Waals surface area contributed by atoms with Gasteiger partial charge in [0.05, 0.1) is 11.2 Å². The van der Waals surface area contributed by atoms with E-state index < -0.39 is 31.0 Å². The Bertz CT molecular complexity index is 167. The van der Waals surface area contributed by atoms with Gasteiger partial charge in [-0.25, -0.2) is 0 Å². The molecular weight excluding hydrogens is 240 g/mol. The number of hydrogen-bond acceptors (Lipinski definition) is 7. The Morgan fingerprint density at radius 1 is 0.867 bits per heavy atom. The van der Waals surface area contributed by atoms with Crippen LogP contribution in [0, 0.1) is 0 Å². The predicted molar refractivity (Wildman–Crippen MR) is 61.9 cm³/mol. The molecule has 0 rings (SSSR count). The Morgan fingerprint density at radius 2 is 1.33 bits per heavy atom. The van der Waals surface area contributed by atoms with Gasteiger partial charge < -0.3 is 25.5 Å². The molecule has 0 saturated heterocycles. The van der Waals surface area contributed by atoms with Gasteiger partial charge in [-0.2, -0.15) is 0 Å². The van der Waals surface area contributed by atoms with E-state index in [0.717, 1.165) is 0 Å². The van der Waals surface area contributed by atoms with Gasteiger partial charge in [-0.05, 0) is 12.5 Å². The summed E-state index contributed by atoms with van der Waals surface area (Å²) in [5.74, 6) is 0. The van der Waals surface area contributed by atoms with E-state index in [0.29, 0.717) is 0 Å². The summed E-state index contributed by atoms with van der Waals surface area (Å²) in [5, 5.41) is 46.2. The van der Waals surface area contributed by atoms with Gasteiger partial charge in [0.2, 0.25) is 0 Å². The molecule has 5 N–H and O–H groups in total. The lowest BCUT2D eigenvalue weighted by Gasteiger charge is -2.29. The van der Waals surface area contributed by atoms with E-state index in [1.54, 1.807) is 12.5 Å². The molecule has 0 heterocycles. The summed E-state index contributed by atoms with van der Waals surface area (Å²) in [5.41, 5.74) is 0. The fraction of sp³-hybridized carbons (Fsp3) is 1.00. The van der Waals surface area contributed by atoms with Crippen molar-refractivity contribution in [3.05, 3.63) is 0 Å². The van der Waals surface area contributed by atoms with Crippen molar-refractivity contribution in [2.45, 2.75) is 29.0 Å². The van der Waals surface area contributed by atoms with Crippen molar-refractivity contribution in [3.63, 3.8) is 0 Å². The third-order valence-corrected chi connectivity index (χ3v) is 4.67.